The van der Waals surface area contributed by atoms with Gasteiger partial charge in [-0.1, -0.05) is 44.0 Å². The number of rotatable bonds is 3. The molecule has 0 amide bonds. The van der Waals surface area contributed by atoms with Gasteiger partial charge in [0.05, 0.1) is 5.52 Å². The first kappa shape index (κ1) is 11.0. The van der Waals surface area contributed by atoms with Gasteiger partial charge in [0, 0.05) is 16.7 Å². The number of hydrogen-bond acceptors (Lipinski definition) is 2. The second kappa shape index (κ2) is 4.53. The first-order valence-electron chi connectivity index (χ1n) is 4.51. The van der Waals surface area contributed by atoms with Crippen molar-refractivity contribution in [3.63, 3.8) is 0 Å². The van der Waals surface area contributed by atoms with E-state index in [1.165, 1.54) is 0 Å². The molecule has 0 fully saturated rings. The summed E-state index contributed by atoms with van der Waals surface area (Å²) in [6.07, 6.45) is 0. The molecule has 15 heavy (non-hydrogen) atoms. The molecular formula is C10H9Br2NO2. The SMILES string of the molecule is O=c1oc2ccccc2n1C[C@H](Br)CBr. The summed E-state index contributed by atoms with van der Waals surface area (Å²) >= 11 is 6.83. The van der Waals surface area contributed by atoms with Crippen molar-refractivity contribution in [3.05, 3.63) is 34.8 Å². The van der Waals surface area contributed by atoms with Gasteiger partial charge in [-0.2, -0.15) is 0 Å². The number of aromatic nitrogens is 1. The molecule has 1 atom stereocenters. The molecule has 80 valence electrons. The Kier molecular flexibility index (Phi) is 3.31. The highest BCUT2D eigenvalue weighted by Gasteiger charge is 2.11. The molecule has 0 bridgehead atoms. The summed E-state index contributed by atoms with van der Waals surface area (Å²) in [5.74, 6) is -0.304. The van der Waals surface area contributed by atoms with E-state index >= 15 is 0 Å². The topological polar surface area (TPSA) is 35.1 Å². The third kappa shape index (κ3) is 2.18. The van der Waals surface area contributed by atoms with Crippen LogP contribution in [0.25, 0.3) is 11.1 Å². The van der Waals surface area contributed by atoms with Gasteiger partial charge in [0.1, 0.15) is 0 Å². The second-order valence-corrected chi connectivity index (χ2v) is 5.14. The highest BCUT2D eigenvalue weighted by atomic mass is 79.9. The smallest absolute Gasteiger partial charge is 0.408 e. The molecular weight excluding hydrogens is 326 g/mol. The molecule has 3 nitrogen and oxygen atoms in total. The molecule has 5 heteroatoms. The molecule has 1 aromatic carbocycles. The van der Waals surface area contributed by atoms with Crippen molar-refractivity contribution in [2.75, 3.05) is 5.33 Å². The second-order valence-electron chi connectivity index (χ2n) is 3.20. The van der Waals surface area contributed by atoms with Gasteiger partial charge in [0.15, 0.2) is 5.58 Å². The molecule has 0 aliphatic heterocycles. The molecule has 0 spiro atoms. The number of halogens is 2. The Labute approximate surface area is 103 Å². The summed E-state index contributed by atoms with van der Waals surface area (Å²) in [5.41, 5.74) is 1.48. The van der Waals surface area contributed by atoms with Gasteiger partial charge < -0.3 is 4.42 Å². The molecule has 0 aliphatic carbocycles. The van der Waals surface area contributed by atoms with E-state index in [0.717, 1.165) is 10.8 Å². The lowest BCUT2D eigenvalue weighted by Crippen LogP contribution is -2.20. The summed E-state index contributed by atoms with van der Waals surface area (Å²) in [7, 11) is 0. The lowest BCUT2D eigenvalue weighted by atomic mass is 10.3. The minimum absolute atomic E-state index is 0.219. The van der Waals surface area contributed by atoms with E-state index in [0.29, 0.717) is 12.1 Å². The average molecular weight is 335 g/mol. The first-order chi connectivity index (χ1) is 7.22. The van der Waals surface area contributed by atoms with Gasteiger partial charge in [-0.3, -0.25) is 4.57 Å². The molecule has 0 aliphatic rings. The Morgan fingerprint density at radius 3 is 2.87 bits per heavy atom. The summed E-state index contributed by atoms with van der Waals surface area (Å²) in [4.78, 5) is 11.8. The van der Waals surface area contributed by atoms with Gasteiger partial charge in [-0.15, -0.1) is 0 Å². The number of para-hydroxylation sites is 2. The summed E-state index contributed by atoms with van der Waals surface area (Å²) in [5, 5.41) is 0.791. The summed E-state index contributed by atoms with van der Waals surface area (Å²) < 4.78 is 6.75. The number of oxazole rings is 1. The van der Waals surface area contributed by atoms with E-state index in [1.807, 2.05) is 18.2 Å². The van der Waals surface area contributed by atoms with E-state index in [2.05, 4.69) is 31.9 Å². The molecule has 0 unspecified atom stereocenters. The van der Waals surface area contributed by atoms with Gasteiger partial charge >= 0.3 is 5.76 Å². The van der Waals surface area contributed by atoms with Gasteiger partial charge in [-0.05, 0) is 12.1 Å². The number of nitrogens with zero attached hydrogens (tertiary/aromatic N) is 1. The first-order valence-corrected chi connectivity index (χ1v) is 6.54. The number of alkyl halides is 2. The fourth-order valence-electron chi connectivity index (χ4n) is 1.43. The van der Waals surface area contributed by atoms with Crippen molar-refractivity contribution >= 4 is 43.0 Å². The largest absolute Gasteiger partial charge is 0.419 e. The van der Waals surface area contributed by atoms with Crippen molar-refractivity contribution in [3.8, 4) is 0 Å². The van der Waals surface area contributed by atoms with Crippen LogP contribution in [0.1, 0.15) is 0 Å². The van der Waals surface area contributed by atoms with E-state index < -0.39 is 0 Å². The lowest BCUT2D eigenvalue weighted by molar-refractivity contribution is 0.506. The van der Waals surface area contributed by atoms with Crippen LogP contribution >= 0.6 is 31.9 Å². The van der Waals surface area contributed by atoms with E-state index in [9.17, 15) is 4.79 Å². The van der Waals surface area contributed by atoms with Crippen LogP contribution in [0, 0.1) is 0 Å². The number of fused-ring (bicyclic) bond motifs is 1. The van der Waals surface area contributed by atoms with Crippen LogP contribution in [-0.4, -0.2) is 14.7 Å². The van der Waals surface area contributed by atoms with Crippen molar-refractivity contribution in [2.24, 2.45) is 0 Å². The van der Waals surface area contributed by atoms with Gasteiger partial charge in [-0.25, -0.2) is 4.79 Å². The molecule has 2 aromatic rings. The number of hydrogen-bond donors (Lipinski definition) is 0. The monoisotopic (exact) mass is 333 g/mol. The fourth-order valence-corrected chi connectivity index (χ4v) is 1.93. The van der Waals surface area contributed by atoms with Crippen LogP contribution < -0.4 is 5.76 Å². The van der Waals surface area contributed by atoms with Crippen LogP contribution in [0.15, 0.2) is 33.5 Å². The molecule has 0 saturated heterocycles. The molecule has 1 aromatic heterocycles. The third-order valence-corrected chi connectivity index (χ3v) is 4.39. The van der Waals surface area contributed by atoms with Crippen LogP contribution in [0.4, 0.5) is 0 Å². The van der Waals surface area contributed by atoms with E-state index in [-0.39, 0.29) is 10.6 Å². The zero-order chi connectivity index (χ0) is 10.8. The molecule has 0 saturated carbocycles. The zero-order valence-electron chi connectivity index (χ0n) is 7.82. The summed E-state index contributed by atoms with van der Waals surface area (Å²) in [6, 6.07) is 7.43. The predicted molar refractivity (Wildman–Crippen MR) is 67.0 cm³/mol. The van der Waals surface area contributed by atoms with Crippen LogP contribution in [-0.2, 0) is 6.54 Å². The van der Waals surface area contributed by atoms with Crippen molar-refractivity contribution in [1.82, 2.24) is 4.57 Å². The third-order valence-electron chi connectivity index (χ3n) is 2.12. The Bertz CT molecular complexity index is 517. The normalized spacial score (nSPS) is 13.2. The Morgan fingerprint density at radius 2 is 2.13 bits per heavy atom. The summed E-state index contributed by atoms with van der Waals surface area (Å²) in [6.45, 7) is 0.598. The minimum Gasteiger partial charge on any atom is -0.408 e. The fraction of sp³-hybridized carbons (Fsp3) is 0.300. The molecule has 0 N–H and O–H groups in total. The van der Waals surface area contributed by atoms with Gasteiger partial charge in [0.25, 0.3) is 0 Å². The highest BCUT2D eigenvalue weighted by molar-refractivity contribution is 9.12. The highest BCUT2D eigenvalue weighted by Crippen LogP contribution is 2.14. The number of benzene rings is 1. The van der Waals surface area contributed by atoms with Crippen molar-refractivity contribution in [2.45, 2.75) is 11.4 Å². The minimum atomic E-state index is -0.304. The van der Waals surface area contributed by atoms with Gasteiger partial charge in [0.2, 0.25) is 0 Å². The Morgan fingerprint density at radius 1 is 1.40 bits per heavy atom. The maximum absolute atomic E-state index is 11.6. The maximum atomic E-state index is 11.6. The average Bonchev–Trinajstić information content (AvgIpc) is 2.55. The van der Waals surface area contributed by atoms with Crippen LogP contribution in [0.5, 0.6) is 0 Å². The molecule has 0 radical (unpaired) electrons. The van der Waals surface area contributed by atoms with E-state index in [4.69, 9.17) is 4.42 Å². The standard InChI is InChI=1S/C10H9Br2NO2/c11-5-7(12)6-13-8-3-1-2-4-9(8)15-10(13)14/h1-4,7H,5-6H2/t7-/m1/s1. The van der Waals surface area contributed by atoms with Crippen molar-refractivity contribution < 1.29 is 4.42 Å². The quantitative estimate of drug-likeness (QED) is 0.809. The van der Waals surface area contributed by atoms with Crippen molar-refractivity contribution in [1.29, 1.82) is 0 Å². The zero-order valence-corrected chi connectivity index (χ0v) is 11.0. The Hall–Kier alpha value is -0.550. The predicted octanol–water partition coefficient (Wildman–Crippen LogP) is 2.75. The van der Waals surface area contributed by atoms with Crippen LogP contribution in [0.2, 0.25) is 0 Å². The molecule has 2 rings (SSSR count). The Balaban J connectivity index is 2.50. The lowest BCUT2D eigenvalue weighted by Gasteiger charge is -2.05. The van der Waals surface area contributed by atoms with Crippen LogP contribution in [0.3, 0.4) is 0 Å². The molecule has 1 heterocycles. The van der Waals surface area contributed by atoms with E-state index in [1.54, 1.807) is 10.6 Å². The maximum Gasteiger partial charge on any atom is 0.419 e.